The van der Waals surface area contributed by atoms with Gasteiger partial charge in [0.05, 0.1) is 12.3 Å². The molecule has 0 aliphatic rings. The van der Waals surface area contributed by atoms with Gasteiger partial charge in [0, 0.05) is 6.54 Å². The Labute approximate surface area is 75.2 Å². The van der Waals surface area contributed by atoms with E-state index in [-0.39, 0.29) is 5.60 Å². The van der Waals surface area contributed by atoms with Crippen LogP contribution >= 0.6 is 0 Å². The van der Waals surface area contributed by atoms with Crippen LogP contribution < -0.4 is 10.6 Å². The summed E-state index contributed by atoms with van der Waals surface area (Å²) in [6.45, 7) is 9.24. The molecule has 0 aromatic heterocycles. The predicted molar refractivity (Wildman–Crippen MR) is 51.9 cm³/mol. The van der Waals surface area contributed by atoms with Crippen LogP contribution in [-0.2, 0) is 4.74 Å². The average molecular weight is 172 g/mol. The maximum Gasteiger partial charge on any atom is 0.0970 e. The first kappa shape index (κ1) is 11.5. The zero-order valence-electron chi connectivity index (χ0n) is 8.31. The zero-order chi connectivity index (χ0) is 9.45. The lowest BCUT2D eigenvalue weighted by atomic mass is 10.1. The van der Waals surface area contributed by atoms with Gasteiger partial charge in [0.25, 0.3) is 0 Å². The number of nitrogens with one attached hydrogen (secondary N) is 2. The quantitative estimate of drug-likeness (QED) is 0.445. The molecule has 0 aromatic carbocycles. The average Bonchev–Trinajstić information content (AvgIpc) is 2.01. The van der Waals surface area contributed by atoms with Crippen molar-refractivity contribution < 1.29 is 4.74 Å². The molecule has 0 radical (unpaired) electrons. The van der Waals surface area contributed by atoms with Crippen molar-refractivity contribution in [3.8, 4) is 0 Å². The van der Waals surface area contributed by atoms with Crippen molar-refractivity contribution in [3.05, 3.63) is 12.8 Å². The summed E-state index contributed by atoms with van der Waals surface area (Å²) in [6.07, 6.45) is 2.68. The molecule has 12 heavy (non-hydrogen) atoms. The minimum Gasteiger partial charge on any atom is -0.391 e. The van der Waals surface area contributed by atoms with Gasteiger partial charge in [0.2, 0.25) is 0 Å². The van der Waals surface area contributed by atoms with Gasteiger partial charge in [0.1, 0.15) is 0 Å². The van der Waals surface area contributed by atoms with Crippen LogP contribution in [0.2, 0.25) is 0 Å². The van der Waals surface area contributed by atoms with Crippen molar-refractivity contribution in [1.29, 1.82) is 0 Å². The fraction of sp³-hybridized carbons (Fsp3) is 0.778. The molecule has 0 fully saturated rings. The fourth-order valence-corrected chi connectivity index (χ4v) is 0.815. The van der Waals surface area contributed by atoms with Gasteiger partial charge >= 0.3 is 0 Å². The molecule has 0 atom stereocenters. The monoisotopic (exact) mass is 172 g/mol. The molecule has 0 aliphatic heterocycles. The van der Waals surface area contributed by atoms with Gasteiger partial charge in [-0.2, -0.15) is 0 Å². The molecule has 2 N–H and O–H groups in total. The molecule has 0 rings (SSSR count). The Morgan fingerprint density at radius 2 is 2.17 bits per heavy atom. The smallest absolute Gasteiger partial charge is 0.0970 e. The van der Waals surface area contributed by atoms with Gasteiger partial charge in [-0.05, 0) is 33.5 Å². The van der Waals surface area contributed by atoms with E-state index in [4.69, 9.17) is 4.74 Å². The van der Waals surface area contributed by atoms with Crippen molar-refractivity contribution in [3.63, 3.8) is 0 Å². The molecule has 72 valence electrons. The van der Waals surface area contributed by atoms with E-state index in [0.717, 1.165) is 13.0 Å². The first-order valence-electron chi connectivity index (χ1n) is 4.25. The van der Waals surface area contributed by atoms with Gasteiger partial charge in [-0.1, -0.05) is 6.58 Å². The molecule has 0 aromatic rings. The highest BCUT2D eigenvalue weighted by molar-refractivity contribution is 4.72. The summed E-state index contributed by atoms with van der Waals surface area (Å²) < 4.78 is 5.54. The molecule has 0 spiro atoms. The maximum absolute atomic E-state index is 5.54. The number of ether oxygens (including phenoxy) is 1. The Balaban J connectivity index is 3.48. The van der Waals surface area contributed by atoms with Crippen LogP contribution in [0.25, 0.3) is 0 Å². The molecule has 0 saturated carbocycles. The Bertz CT molecular complexity index is 124. The van der Waals surface area contributed by atoms with Crippen LogP contribution in [0.4, 0.5) is 0 Å². The lowest BCUT2D eigenvalue weighted by Crippen LogP contribution is -2.31. The first-order valence-corrected chi connectivity index (χ1v) is 4.25. The largest absolute Gasteiger partial charge is 0.391 e. The van der Waals surface area contributed by atoms with Crippen molar-refractivity contribution in [2.75, 3.05) is 20.3 Å². The SMILES string of the molecule is C=CNCCC(C)(C)OCNC. The summed E-state index contributed by atoms with van der Waals surface area (Å²) in [5.74, 6) is 0. The van der Waals surface area contributed by atoms with Crippen LogP contribution in [0, 0.1) is 0 Å². The van der Waals surface area contributed by atoms with Gasteiger partial charge in [0.15, 0.2) is 0 Å². The lowest BCUT2D eigenvalue weighted by Gasteiger charge is -2.24. The van der Waals surface area contributed by atoms with Gasteiger partial charge in [-0.3, -0.25) is 5.32 Å². The van der Waals surface area contributed by atoms with Crippen LogP contribution in [0.5, 0.6) is 0 Å². The topological polar surface area (TPSA) is 33.3 Å². The minimum absolute atomic E-state index is 0.0704. The standard InChI is InChI=1S/C9H20N2O/c1-5-11-7-6-9(2,3)12-8-10-4/h5,10-11H,1,6-8H2,2-4H3. The van der Waals surface area contributed by atoms with E-state index in [1.165, 1.54) is 0 Å². The van der Waals surface area contributed by atoms with E-state index in [9.17, 15) is 0 Å². The highest BCUT2D eigenvalue weighted by Crippen LogP contribution is 2.12. The lowest BCUT2D eigenvalue weighted by molar-refractivity contribution is -0.0293. The second-order valence-electron chi connectivity index (χ2n) is 3.31. The van der Waals surface area contributed by atoms with Crippen LogP contribution in [0.3, 0.4) is 0 Å². The van der Waals surface area contributed by atoms with Crippen LogP contribution in [0.15, 0.2) is 12.8 Å². The summed E-state index contributed by atoms with van der Waals surface area (Å²) in [4.78, 5) is 0. The maximum atomic E-state index is 5.54. The van der Waals surface area contributed by atoms with Crippen molar-refractivity contribution in [2.24, 2.45) is 0 Å². The number of hydrogen-bond acceptors (Lipinski definition) is 3. The van der Waals surface area contributed by atoms with Gasteiger partial charge in [-0.25, -0.2) is 0 Å². The summed E-state index contributed by atoms with van der Waals surface area (Å²) in [7, 11) is 1.87. The Hall–Kier alpha value is -0.540. The third-order valence-corrected chi connectivity index (χ3v) is 1.62. The van der Waals surface area contributed by atoms with E-state index in [2.05, 4.69) is 31.1 Å². The Kier molecular flexibility index (Phi) is 5.76. The van der Waals surface area contributed by atoms with Crippen molar-refractivity contribution >= 4 is 0 Å². The van der Waals surface area contributed by atoms with E-state index in [1.54, 1.807) is 6.20 Å². The van der Waals surface area contributed by atoms with Gasteiger partial charge < -0.3 is 10.1 Å². The molecule has 0 saturated heterocycles. The molecule has 0 aliphatic carbocycles. The molecule has 3 heteroatoms. The molecule has 0 bridgehead atoms. The van der Waals surface area contributed by atoms with Crippen LogP contribution in [0.1, 0.15) is 20.3 Å². The molecule has 0 heterocycles. The minimum atomic E-state index is -0.0704. The first-order chi connectivity index (χ1) is 5.62. The van der Waals surface area contributed by atoms with Crippen molar-refractivity contribution in [1.82, 2.24) is 10.6 Å². The highest BCUT2D eigenvalue weighted by atomic mass is 16.5. The summed E-state index contributed by atoms with van der Waals surface area (Å²) in [5, 5.41) is 6.00. The zero-order valence-corrected chi connectivity index (χ0v) is 8.31. The second-order valence-corrected chi connectivity index (χ2v) is 3.31. The van der Waals surface area contributed by atoms with E-state index >= 15 is 0 Å². The normalized spacial score (nSPS) is 11.2. The van der Waals surface area contributed by atoms with E-state index < -0.39 is 0 Å². The summed E-state index contributed by atoms with van der Waals surface area (Å²) in [6, 6.07) is 0. The van der Waals surface area contributed by atoms with E-state index in [0.29, 0.717) is 6.73 Å². The Morgan fingerprint density at radius 3 is 2.67 bits per heavy atom. The van der Waals surface area contributed by atoms with Gasteiger partial charge in [-0.15, -0.1) is 0 Å². The predicted octanol–water partition coefficient (Wildman–Crippen LogP) is 1.08. The molecule has 0 amide bonds. The second kappa shape index (κ2) is 6.03. The Morgan fingerprint density at radius 1 is 1.50 bits per heavy atom. The third kappa shape index (κ3) is 6.19. The molecule has 3 nitrogen and oxygen atoms in total. The number of hydrogen-bond donors (Lipinski definition) is 2. The van der Waals surface area contributed by atoms with E-state index in [1.807, 2.05) is 7.05 Å². The highest BCUT2D eigenvalue weighted by Gasteiger charge is 2.16. The number of rotatable bonds is 7. The fourth-order valence-electron chi connectivity index (χ4n) is 0.815. The molecular formula is C9H20N2O. The van der Waals surface area contributed by atoms with Crippen molar-refractivity contribution in [2.45, 2.75) is 25.9 Å². The molecule has 0 unspecified atom stereocenters. The summed E-state index contributed by atoms with van der Waals surface area (Å²) in [5.41, 5.74) is -0.0704. The van der Waals surface area contributed by atoms with Crippen LogP contribution in [-0.4, -0.2) is 25.9 Å². The molecular weight excluding hydrogens is 152 g/mol. The third-order valence-electron chi connectivity index (χ3n) is 1.62. The summed E-state index contributed by atoms with van der Waals surface area (Å²) >= 11 is 0.